The molecule has 0 amide bonds. The zero-order valence-electron chi connectivity index (χ0n) is 31.2. The molecule has 0 aromatic rings. The van der Waals surface area contributed by atoms with Crippen LogP contribution in [0.4, 0.5) is 26.3 Å². The Balaban J connectivity index is 0.000000245. The van der Waals surface area contributed by atoms with Crippen LogP contribution in [0.25, 0.3) is 0 Å². The Hall–Kier alpha value is -1.26. The second-order valence-electron chi connectivity index (χ2n) is 17.6. The Kier molecular flexibility index (Phi) is 12.4. The Morgan fingerprint density at radius 3 is 0.673 bits per heavy atom. The van der Waals surface area contributed by atoms with E-state index in [-0.39, 0.29) is 0 Å². The number of fused-ring (bicyclic) bond motifs is 20. The van der Waals surface area contributed by atoms with Crippen molar-refractivity contribution < 1.29 is 43.5 Å². The molecule has 0 aromatic heterocycles. The second kappa shape index (κ2) is 16.8. The molecule has 19 heteroatoms. The van der Waals surface area contributed by atoms with Crippen LogP contribution in [-0.2, 0) is 17.1 Å². The van der Waals surface area contributed by atoms with E-state index in [1.165, 1.54) is 103 Å². The first-order chi connectivity index (χ1) is 26.3. The van der Waals surface area contributed by atoms with Crippen molar-refractivity contribution in [1.29, 1.82) is 0 Å². The second-order valence-corrected chi connectivity index (χ2v) is 19.3. The van der Waals surface area contributed by atoms with Gasteiger partial charge in [0.05, 0.1) is 49.3 Å². The summed E-state index contributed by atoms with van der Waals surface area (Å²) < 4.78 is 75.1. The molecular formula is C36H58F6GeN8O4. The SMILES string of the molecule is C1CCC2C3NC(NC4NC(NC5NC(NC6NC(N3)C3CCCCC63)C3CCCCC53)C3CCCCC43)C2C1.O=C([O][GeH2][O]C(=O)C(F)(F)F)C(F)(F)F. The van der Waals surface area contributed by atoms with E-state index in [2.05, 4.69) is 50.1 Å². The molecule has 4 saturated carbocycles. The molecule has 5 aliphatic heterocycles. The Labute approximate surface area is 325 Å². The topological polar surface area (TPSA) is 149 Å². The van der Waals surface area contributed by atoms with Crippen LogP contribution in [0.2, 0.25) is 0 Å². The quantitative estimate of drug-likeness (QED) is 0.153. The number of nitrogens with one attached hydrogen (secondary N) is 8. The van der Waals surface area contributed by atoms with Crippen molar-refractivity contribution in [3.8, 4) is 0 Å². The fraction of sp³-hybridized carbons (Fsp3) is 0.944. The minimum atomic E-state index is -5.31. The average Bonchev–Trinajstić information content (AvgIpc) is 3.90. The summed E-state index contributed by atoms with van der Waals surface area (Å²) in [4.78, 5) is 19.8. The van der Waals surface area contributed by atoms with Crippen LogP contribution >= 0.6 is 0 Å². The molecule has 9 aliphatic rings. The monoisotopic (exact) mass is 854 g/mol. The molecule has 312 valence electrons. The van der Waals surface area contributed by atoms with Crippen molar-refractivity contribution in [3.05, 3.63) is 0 Å². The molecule has 9 fully saturated rings. The van der Waals surface area contributed by atoms with E-state index in [1.54, 1.807) is 0 Å². The predicted octanol–water partition coefficient (Wildman–Crippen LogP) is 2.80. The number of carbonyl (C=O) groups excluding carboxylic acids is 2. The molecule has 8 unspecified atom stereocenters. The van der Waals surface area contributed by atoms with Crippen molar-refractivity contribution in [2.24, 2.45) is 47.3 Å². The molecule has 0 radical (unpaired) electrons. The van der Waals surface area contributed by atoms with Crippen LogP contribution in [0.15, 0.2) is 0 Å². The van der Waals surface area contributed by atoms with Gasteiger partial charge in [0.15, 0.2) is 0 Å². The average molecular weight is 854 g/mol. The van der Waals surface area contributed by atoms with Crippen molar-refractivity contribution in [2.75, 3.05) is 0 Å². The Bertz CT molecular complexity index is 1140. The Morgan fingerprint density at radius 1 is 0.364 bits per heavy atom. The van der Waals surface area contributed by atoms with Gasteiger partial charge in [0.2, 0.25) is 0 Å². The molecule has 12 nitrogen and oxygen atoms in total. The van der Waals surface area contributed by atoms with Gasteiger partial charge in [0, 0.05) is 0 Å². The van der Waals surface area contributed by atoms with E-state index >= 15 is 0 Å². The van der Waals surface area contributed by atoms with Gasteiger partial charge in [-0.1, -0.05) is 51.4 Å². The van der Waals surface area contributed by atoms with Crippen LogP contribution < -0.4 is 42.5 Å². The number of hydrogen-bond donors (Lipinski definition) is 8. The van der Waals surface area contributed by atoms with Crippen LogP contribution in [0.1, 0.15) is 103 Å². The molecular weight excluding hydrogens is 795 g/mol. The summed E-state index contributed by atoms with van der Waals surface area (Å²) in [6.07, 6.45) is 15.0. The van der Waals surface area contributed by atoms with Gasteiger partial charge in [-0.05, 0) is 98.7 Å². The third-order valence-electron chi connectivity index (χ3n) is 14.6. The normalized spacial score (nSPS) is 45.2. The molecule has 5 heterocycles. The third kappa shape index (κ3) is 8.73. The first-order valence-corrected chi connectivity index (χ1v) is 23.3. The number of hydrogen-bond acceptors (Lipinski definition) is 12. The van der Waals surface area contributed by atoms with Gasteiger partial charge in [-0.15, -0.1) is 0 Å². The van der Waals surface area contributed by atoms with E-state index in [4.69, 9.17) is 0 Å². The number of rotatable bonds is 2. The first kappa shape index (κ1) is 40.5. The number of halogens is 6. The zero-order valence-corrected chi connectivity index (χ0v) is 34.1. The first-order valence-electron chi connectivity index (χ1n) is 20.9. The maximum absolute atomic E-state index is 11.4. The van der Waals surface area contributed by atoms with Gasteiger partial charge in [-0.25, -0.2) is 0 Å². The fourth-order valence-electron chi connectivity index (χ4n) is 12.3. The van der Waals surface area contributed by atoms with E-state index < -0.39 is 40.4 Å². The van der Waals surface area contributed by atoms with Crippen LogP contribution in [0, 0.1) is 47.3 Å². The van der Waals surface area contributed by atoms with Gasteiger partial charge in [-0.2, -0.15) is 0 Å². The summed E-state index contributed by atoms with van der Waals surface area (Å²) in [5.41, 5.74) is 0. The molecule has 5 saturated heterocycles. The van der Waals surface area contributed by atoms with Crippen molar-refractivity contribution >= 4 is 28.0 Å². The van der Waals surface area contributed by atoms with Gasteiger partial charge in [0.1, 0.15) is 0 Å². The van der Waals surface area contributed by atoms with Crippen molar-refractivity contribution in [1.82, 2.24) is 42.5 Å². The summed E-state index contributed by atoms with van der Waals surface area (Å²) in [7, 11) is 0. The summed E-state index contributed by atoms with van der Waals surface area (Å²) in [6, 6.07) is 0. The summed E-state index contributed by atoms with van der Waals surface area (Å²) in [5, 5.41) is 33.8. The van der Waals surface area contributed by atoms with E-state index in [1.807, 2.05) is 0 Å². The molecule has 8 bridgehead atoms. The van der Waals surface area contributed by atoms with Gasteiger partial charge in [0.25, 0.3) is 0 Å². The van der Waals surface area contributed by atoms with E-state index in [9.17, 15) is 35.9 Å². The summed E-state index contributed by atoms with van der Waals surface area (Å²) >= 11 is -3.41. The Morgan fingerprint density at radius 2 is 0.527 bits per heavy atom. The predicted molar refractivity (Wildman–Crippen MR) is 190 cm³/mol. The van der Waals surface area contributed by atoms with Crippen LogP contribution in [0.3, 0.4) is 0 Å². The van der Waals surface area contributed by atoms with Crippen LogP contribution in [0.5, 0.6) is 0 Å². The molecule has 0 aromatic carbocycles. The zero-order chi connectivity index (χ0) is 38.5. The van der Waals surface area contributed by atoms with Gasteiger partial charge < -0.3 is 0 Å². The molecule has 8 atom stereocenters. The maximum atomic E-state index is 11.4. The molecule has 9 rings (SSSR count). The standard InChI is InChI=1S/C32H56N8.C4H2F6GeO4/c1-2-10-18-17(9-1)25-33-26(18)38-28-21-13-5-6-14-22(21)30(35-28)40-32-24-16-8-7-15-23(24)31(36-32)39-29-20-12-4-3-11-19(20)27(34-29)37-25;5-3(6,7)1(12)14-11-15-2(13)4(8,9)10/h17-40H,1-16H2;11H2. The van der Waals surface area contributed by atoms with Gasteiger partial charge in [-0.3, -0.25) is 42.5 Å². The number of carbonyl (C=O) groups is 2. The summed E-state index contributed by atoms with van der Waals surface area (Å²) in [5.74, 6) is 0.632. The van der Waals surface area contributed by atoms with Gasteiger partial charge >= 0.3 is 83.9 Å². The molecule has 4 aliphatic carbocycles. The number of alkyl halides is 6. The van der Waals surface area contributed by atoms with Crippen molar-refractivity contribution in [2.45, 2.75) is 164 Å². The van der Waals surface area contributed by atoms with Crippen LogP contribution in [-0.4, -0.2) is 89.7 Å². The molecule has 8 N–H and O–H groups in total. The minimum absolute atomic E-state index is 0.420. The molecule has 0 spiro atoms. The van der Waals surface area contributed by atoms with Crippen molar-refractivity contribution in [3.63, 3.8) is 0 Å². The third-order valence-corrected chi connectivity index (χ3v) is 16.2. The molecule has 55 heavy (non-hydrogen) atoms. The van der Waals surface area contributed by atoms with E-state index in [0.717, 1.165) is 47.3 Å². The van der Waals surface area contributed by atoms with E-state index in [0.29, 0.717) is 49.3 Å². The fourth-order valence-corrected chi connectivity index (χ4v) is 13.5. The summed E-state index contributed by atoms with van der Waals surface area (Å²) in [6.45, 7) is 0.